The molecule has 0 aliphatic rings. The first-order valence-corrected chi connectivity index (χ1v) is 7.57. The van der Waals surface area contributed by atoms with E-state index in [9.17, 15) is 4.79 Å². The Morgan fingerprint density at radius 2 is 1.87 bits per heavy atom. The maximum atomic E-state index is 12.2. The number of carbonyl (C=O) groups excluding carboxylic acids is 1. The van der Waals surface area contributed by atoms with E-state index in [0.717, 1.165) is 5.56 Å². The smallest absolute Gasteiger partial charge is 0.265 e. The molecule has 0 spiro atoms. The number of nitrogens with one attached hydrogen (secondary N) is 1. The molecular formula is C19H20N2O2. The fourth-order valence-corrected chi connectivity index (χ4v) is 2.12. The van der Waals surface area contributed by atoms with Crippen molar-refractivity contribution >= 4 is 11.6 Å². The van der Waals surface area contributed by atoms with Crippen molar-refractivity contribution in [1.29, 1.82) is 5.26 Å². The van der Waals surface area contributed by atoms with E-state index in [1.54, 1.807) is 31.2 Å². The molecule has 0 aliphatic carbocycles. The van der Waals surface area contributed by atoms with Gasteiger partial charge in [0.1, 0.15) is 5.75 Å². The van der Waals surface area contributed by atoms with Crippen LogP contribution < -0.4 is 10.1 Å². The van der Waals surface area contributed by atoms with E-state index in [1.807, 2.05) is 30.3 Å². The molecule has 1 unspecified atom stereocenters. The highest BCUT2D eigenvalue weighted by Gasteiger charge is 2.15. The zero-order valence-corrected chi connectivity index (χ0v) is 13.5. The van der Waals surface area contributed by atoms with Gasteiger partial charge < -0.3 is 10.1 Å². The zero-order chi connectivity index (χ0) is 16.8. The third-order valence-corrected chi connectivity index (χ3v) is 3.47. The Morgan fingerprint density at radius 1 is 1.13 bits per heavy atom. The first kappa shape index (κ1) is 16.6. The molecule has 0 heterocycles. The Labute approximate surface area is 136 Å². The molecule has 4 nitrogen and oxygen atoms in total. The molecule has 2 rings (SSSR count). The Hall–Kier alpha value is -2.80. The third-order valence-electron chi connectivity index (χ3n) is 3.47. The summed E-state index contributed by atoms with van der Waals surface area (Å²) >= 11 is 0. The second-order valence-electron chi connectivity index (χ2n) is 5.67. The number of amides is 1. The summed E-state index contributed by atoms with van der Waals surface area (Å²) in [5.41, 5.74) is 2.25. The second kappa shape index (κ2) is 7.46. The maximum Gasteiger partial charge on any atom is 0.265 e. The van der Waals surface area contributed by atoms with E-state index in [-0.39, 0.29) is 5.91 Å². The number of rotatable bonds is 5. The van der Waals surface area contributed by atoms with Crippen molar-refractivity contribution < 1.29 is 9.53 Å². The molecule has 4 heteroatoms. The summed E-state index contributed by atoms with van der Waals surface area (Å²) in [5, 5.41) is 11.6. The first-order valence-electron chi connectivity index (χ1n) is 7.57. The summed E-state index contributed by atoms with van der Waals surface area (Å²) < 4.78 is 5.72. The number of anilines is 1. The standard InChI is InChI=1S/C19H20N2O2/c1-13(2)16-7-5-9-18(11-16)23-14(3)19(22)21-17-8-4-6-15(10-17)12-20/h4-11,13-14H,1-3H3,(H,21,22). The van der Waals surface area contributed by atoms with Crippen LogP contribution >= 0.6 is 0 Å². The fraction of sp³-hybridized carbons (Fsp3) is 0.263. The van der Waals surface area contributed by atoms with Crippen molar-refractivity contribution in [1.82, 2.24) is 0 Å². The van der Waals surface area contributed by atoms with Gasteiger partial charge in [0, 0.05) is 5.69 Å². The maximum absolute atomic E-state index is 12.2. The summed E-state index contributed by atoms with van der Waals surface area (Å²) in [6.07, 6.45) is -0.636. The van der Waals surface area contributed by atoms with Gasteiger partial charge in [-0.25, -0.2) is 0 Å². The molecular weight excluding hydrogens is 288 g/mol. The van der Waals surface area contributed by atoms with Crippen molar-refractivity contribution in [2.24, 2.45) is 0 Å². The summed E-state index contributed by atoms with van der Waals surface area (Å²) in [6, 6.07) is 16.6. The first-order chi connectivity index (χ1) is 11.0. The Bertz CT molecular complexity index is 732. The topological polar surface area (TPSA) is 62.1 Å². The van der Waals surface area contributed by atoms with Gasteiger partial charge in [0.15, 0.2) is 6.10 Å². The minimum Gasteiger partial charge on any atom is -0.481 e. The van der Waals surface area contributed by atoms with Crippen molar-refractivity contribution in [2.45, 2.75) is 32.8 Å². The Kier molecular flexibility index (Phi) is 5.37. The zero-order valence-electron chi connectivity index (χ0n) is 13.5. The monoisotopic (exact) mass is 308 g/mol. The Morgan fingerprint density at radius 3 is 2.57 bits per heavy atom. The van der Waals surface area contributed by atoms with Gasteiger partial charge in [0.25, 0.3) is 5.91 Å². The molecule has 0 radical (unpaired) electrons. The minimum absolute atomic E-state index is 0.255. The summed E-state index contributed by atoms with van der Waals surface area (Å²) in [5.74, 6) is 0.816. The molecule has 0 saturated heterocycles. The van der Waals surface area contributed by atoms with E-state index in [0.29, 0.717) is 22.9 Å². The van der Waals surface area contributed by atoms with Gasteiger partial charge >= 0.3 is 0 Å². The summed E-state index contributed by atoms with van der Waals surface area (Å²) in [7, 11) is 0. The number of benzene rings is 2. The Balaban J connectivity index is 2.02. The van der Waals surface area contributed by atoms with Crippen molar-refractivity contribution in [3.05, 3.63) is 59.7 Å². The van der Waals surface area contributed by atoms with Crippen molar-refractivity contribution in [2.75, 3.05) is 5.32 Å². The quantitative estimate of drug-likeness (QED) is 0.905. The average molecular weight is 308 g/mol. The molecule has 2 aromatic carbocycles. The predicted molar refractivity (Wildman–Crippen MR) is 90.4 cm³/mol. The summed E-state index contributed by atoms with van der Waals surface area (Å²) in [4.78, 5) is 12.2. The highest BCUT2D eigenvalue weighted by Crippen LogP contribution is 2.21. The number of hydrogen-bond donors (Lipinski definition) is 1. The lowest BCUT2D eigenvalue weighted by atomic mass is 10.0. The van der Waals surface area contributed by atoms with Gasteiger partial charge in [-0.1, -0.05) is 32.0 Å². The average Bonchev–Trinajstić information content (AvgIpc) is 2.55. The summed E-state index contributed by atoms with van der Waals surface area (Å²) in [6.45, 7) is 5.92. The lowest BCUT2D eigenvalue weighted by molar-refractivity contribution is -0.122. The molecule has 0 bridgehead atoms. The highest BCUT2D eigenvalue weighted by molar-refractivity contribution is 5.94. The van der Waals surface area contributed by atoms with E-state index in [2.05, 4.69) is 19.2 Å². The SMILES string of the molecule is CC(Oc1cccc(C(C)C)c1)C(=O)Nc1cccc(C#N)c1. The van der Waals surface area contributed by atoms with Crippen LogP contribution in [0, 0.1) is 11.3 Å². The van der Waals surface area contributed by atoms with Crippen LogP contribution in [0.15, 0.2) is 48.5 Å². The number of ether oxygens (including phenoxy) is 1. The lowest BCUT2D eigenvalue weighted by Gasteiger charge is -2.16. The molecule has 1 amide bonds. The third kappa shape index (κ3) is 4.58. The van der Waals surface area contributed by atoms with Crippen LogP contribution in [-0.2, 0) is 4.79 Å². The molecule has 0 fully saturated rings. The van der Waals surface area contributed by atoms with E-state index in [4.69, 9.17) is 10.00 Å². The van der Waals surface area contributed by atoms with Crippen LogP contribution in [0.4, 0.5) is 5.69 Å². The second-order valence-corrected chi connectivity index (χ2v) is 5.67. The number of nitrogens with zero attached hydrogens (tertiary/aromatic N) is 1. The molecule has 1 atom stereocenters. The normalized spacial score (nSPS) is 11.6. The fourth-order valence-electron chi connectivity index (χ4n) is 2.12. The number of nitriles is 1. The number of hydrogen-bond acceptors (Lipinski definition) is 3. The molecule has 1 N–H and O–H groups in total. The predicted octanol–water partition coefficient (Wildman–Crippen LogP) is 4.09. The van der Waals surface area contributed by atoms with Crippen LogP contribution in [0.3, 0.4) is 0 Å². The van der Waals surface area contributed by atoms with E-state index in [1.165, 1.54) is 0 Å². The number of carbonyl (C=O) groups is 1. The molecule has 2 aromatic rings. The van der Waals surface area contributed by atoms with Gasteiger partial charge in [0.05, 0.1) is 11.6 Å². The van der Waals surface area contributed by atoms with E-state index >= 15 is 0 Å². The molecule has 0 aliphatic heterocycles. The van der Waals surface area contributed by atoms with E-state index < -0.39 is 6.10 Å². The van der Waals surface area contributed by atoms with Gasteiger partial charge in [0.2, 0.25) is 0 Å². The molecule has 0 aromatic heterocycles. The van der Waals surface area contributed by atoms with Crippen LogP contribution in [0.1, 0.15) is 37.8 Å². The van der Waals surface area contributed by atoms with Crippen molar-refractivity contribution in [3.63, 3.8) is 0 Å². The van der Waals surface area contributed by atoms with Gasteiger partial charge in [-0.2, -0.15) is 5.26 Å². The largest absolute Gasteiger partial charge is 0.481 e. The van der Waals surface area contributed by atoms with Gasteiger partial charge in [-0.15, -0.1) is 0 Å². The highest BCUT2D eigenvalue weighted by atomic mass is 16.5. The molecule has 23 heavy (non-hydrogen) atoms. The minimum atomic E-state index is -0.636. The molecule has 0 saturated carbocycles. The van der Waals surface area contributed by atoms with Gasteiger partial charge in [-0.3, -0.25) is 4.79 Å². The van der Waals surface area contributed by atoms with Crippen molar-refractivity contribution in [3.8, 4) is 11.8 Å². The van der Waals surface area contributed by atoms with Crippen LogP contribution in [0.2, 0.25) is 0 Å². The van der Waals surface area contributed by atoms with Crippen LogP contribution in [0.5, 0.6) is 5.75 Å². The van der Waals surface area contributed by atoms with Crippen LogP contribution in [-0.4, -0.2) is 12.0 Å². The van der Waals surface area contributed by atoms with Gasteiger partial charge in [-0.05, 0) is 48.7 Å². The molecule has 118 valence electrons. The van der Waals surface area contributed by atoms with Crippen LogP contribution in [0.25, 0.3) is 0 Å². The lowest BCUT2D eigenvalue weighted by Crippen LogP contribution is -2.30.